The van der Waals surface area contributed by atoms with Crippen LogP contribution >= 0.6 is 11.6 Å². The lowest BCUT2D eigenvalue weighted by Crippen LogP contribution is -2.58. The molecule has 2 fully saturated rings. The smallest absolute Gasteiger partial charge is 0.246 e. The van der Waals surface area contributed by atoms with Crippen LogP contribution in [-0.4, -0.2) is 82.2 Å². The summed E-state index contributed by atoms with van der Waals surface area (Å²) in [6.07, 6.45) is 5.00. The predicted octanol–water partition coefficient (Wildman–Crippen LogP) is 5.63. The van der Waals surface area contributed by atoms with Gasteiger partial charge in [0.15, 0.2) is 17.2 Å². The number of piperazine rings is 1. The number of carbonyl (C=O) groups excluding carboxylic acids is 1. The molecule has 0 bridgehead atoms. The van der Waals surface area contributed by atoms with E-state index >= 15 is 4.39 Å². The molecular formula is C32H38ClFN8O2. The first kappa shape index (κ1) is 30.1. The van der Waals surface area contributed by atoms with Gasteiger partial charge in [-0.2, -0.15) is 4.98 Å². The van der Waals surface area contributed by atoms with Crippen LogP contribution in [0.15, 0.2) is 35.4 Å². The van der Waals surface area contributed by atoms with Gasteiger partial charge in [0.05, 0.1) is 10.4 Å². The van der Waals surface area contributed by atoms with E-state index in [1.807, 2.05) is 26.8 Å². The van der Waals surface area contributed by atoms with Gasteiger partial charge >= 0.3 is 0 Å². The van der Waals surface area contributed by atoms with Crippen LogP contribution in [0.2, 0.25) is 5.02 Å². The number of fused-ring (bicyclic) bond motifs is 2. The van der Waals surface area contributed by atoms with Gasteiger partial charge in [-0.1, -0.05) is 35.8 Å². The second-order valence-corrected chi connectivity index (χ2v) is 12.3. The first-order valence-electron chi connectivity index (χ1n) is 15.2. The lowest BCUT2D eigenvalue weighted by molar-refractivity contribution is -0.128. The summed E-state index contributed by atoms with van der Waals surface area (Å²) in [6, 6.07) is 5.09. The number of nitrogens with one attached hydrogen (secondary N) is 1. The van der Waals surface area contributed by atoms with E-state index in [-0.39, 0.29) is 39.9 Å². The minimum absolute atomic E-state index is 0.108. The van der Waals surface area contributed by atoms with Crippen molar-refractivity contribution in [3.63, 3.8) is 0 Å². The highest BCUT2D eigenvalue weighted by Crippen LogP contribution is 2.44. The Morgan fingerprint density at radius 1 is 1.18 bits per heavy atom. The molecule has 4 aromatic rings. The zero-order valence-corrected chi connectivity index (χ0v) is 26.1. The second kappa shape index (κ2) is 12.2. The van der Waals surface area contributed by atoms with Gasteiger partial charge in [-0.25, -0.2) is 9.37 Å². The third kappa shape index (κ3) is 5.43. The molecule has 44 heavy (non-hydrogen) atoms. The fourth-order valence-corrected chi connectivity index (χ4v) is 6.83. The molecule has 2 saturated heterocycles. The molecule has 2 atom stereocenters. The van der Waals surface area contributed by atoms with E-state index in [0.717, 1.165) is 25.2 Å². The predicted molar refractivity (Wildman–Crippen MR) is 174 cm³/mol. The Kier molecular flexibility index (Phi) is 8.34. The molecule has 6 rings (SSSR count). The SMILES string of the molecule is C=CC(=O)N1C[C@H](C)N(c2nc(NCCN3CCCCC3)nc3c(F)c(-c4c(C)ccc5onc(N)c45)c(Cl)cc23)C[C@H]1C. The molecule has 10 nitrogen and oxygen atoms in total. The largest absolute Gasteiger partial charge is 0.380 e. The number of rotatable bonds is 7. The second-order valence-electron chi connectivity index (χ2n) is 11.9. The molecular weight excluding hydrogens is 583 g/mol. The zero-order valence-electron chi connectivity index (χ0n) is 25.4. The molecule has 2 aromatic carbocycles. The topological polar surface area (TPSA) is 117 Å². The van der Waals surface area contributed by atoms with Crippen molar-refractivity contribution in [2.45, 2.75) is 52.1 Å². The molecule has 2 aliphatic heterocycles. The Morgan fingerprint density at radius 3 is 2.70 bits per heavy atom. The Labute approximate surface area is 261 Å². The van der Waals surface area contributed by atoms with Crippen LogP contribution in [0.5, 0.6) is 0 Å². The zero-order chi connectivity index (χ0) is 31.1. The van der Waals surface area contributed by atoms with E-state index in [9.17, 15) is 4.79 Å². The molecule has 3 N–H and O–H groups in total. The number of nitrogens with two attached hydrogens (primary N) is 1. The third-order valence-electron chi connectivity index (χ3n) is 8.86. The van der Waals surface area contributed by atoms with Crippen molar-refractivity contribution >= 4 is 57.0 Å². The number of aryl methyl sites for hydroxylation is 1. The van der Waals surface area contributed by atoms with E-state index in [4.69, 9.17) is 31.8 Å². The van der Waals surface area contributed by atoms with E-state index in [2.05, 4.69) is 26.9 Å². The Morgan fingerprint density at radius 2 is 1.95 bits per heavy atom. The van der Waals surface area contributed by atoms with Gasteiger partial charge in [0.2, 0.25) is 11.9 Å². The van der Waals surface area contributed by atoms with Gasteiger partial charge < -0.3 is 30.3 Å². The maximum absolute atomic E-state index is 16.9. The summed E-state index contributed by atoms with van der Waals surface area (Å²) in [5.74, 6) is 0.362. The summed E-state index contributed by atoms with van der Waals surface area (Å²) in [6.45, 7) is 14.1. The fraction of sp³-hybridized carbons (Fsp3) is 0.438. The van der Waals surface area contributed by atoms with Crippen LogP contribution in [0.1, 0.15) is 38.7 Å². The first-order chi connectivity index (χ1) is 21.2. The minimum Gasteiger partial charge on any atom is -0.380 e. The first-order valence-corrected chi connectivity index (χ1v) is 15.6. The molecule has 4 heterocycles. The number of nitrogens with zero attached hydrogens (tertiary/aromatic N) is 6. The Balaban J connectivity index is 1.47. The van der Waals surface area contributed by atoms with Crippen LogP contribution < -0.4 is 16.0 Å². The van der Waals surface area contributed by atoms with Crippen LogP contribution in [0, 0.1) is 12.7 Å². The maximum atomic E-state index is 16.9. The minimum atomic E-state index is -0.576. The molecule has 1 amide bonds. The number of amides is 1. The number of likely N-dealkylation sites (tertiary alicyclic amines) is 1. The van der Waals surface area contributed by atoms with Crippen molar-refractivity contribution in [2.24, 2.45) is 0 Å². The van der Waals surface area contributed by atoms with Gasteiger partial charge in [0, 0.05) is 54.8 Å². The van der Waals surface area contributed by atoms with Gasteiger partial charge in [-0.05, 0) is 70.5 Å². The van der Waals surface area contributed by atoms with Gasteiger partial charge in [-0.3, -0.25) is 4.79 Å². The molecule has 0 saturated carbocycles. The number of carbonyl (C=O) groups is 1. The third-order valence-corrected chi connectivity index (χ3v) is 9.16. The number of halogens is 2. The number of anilines is 3. The fourth-order valence-electron chi connectivity index (χ4n) is 6.55. The van der Waals surface area contributed by atoms with E-state index < -0.39 is 5.82 Å². The van der Waals surface area contributed by atoms with E-state index in [1.54, 1.807) is 17.0 Å². The maximum Gasteiger partial charge on any atom is 0.246 e. The lowest BCUT2D eigenvalue weighted by Gasteiger charge is -2.44. The molecule has 2 aliphatic rings. The van der Waals surface area contributed by atoms with Gasteiger partial charge in [-0.15, -0.1) is 0 Å². The standard InChI is InChI=1S/C32H38ClFN8O2/c1-5-24(43)41-16-20(4)42(17-19(41)3)31-21-15-22(33)26(25-18(2)9-10-23-27(25)30(35)39-44-23)28(34)29(21)37-32(38-31)36-11-14-40-12-7-6-8-13-40/h5,9-10,15,19-20H,1,6-8,11-14,16-17H2,2-4H3,(H2,35,39)(H,36,37,38)/t19-,20+/m1/s1. The van der Waals surface area contributed by atoms with E-state index in [1.165, 1.54) is 25.3 Å². The quantitative estimate of drug-likeness (QED) is 0.254. The number of nitrogen functional groups attached to an aromatic ring is 1. The van der Waals surface area contributed by atoms with Crippen molar-refractivity contribution in [3.8, 4) is 11.1 Å². The van der Waals surface area contributed by atoms with Crippen molar-refractivity contribution < 1.29 is 13.7 Å². The van der Waals surface area contributed by atoms with Crippen LogP contribution in [0.4, 0.5) is 22.0 Å². The number of hydrogen-bond donors (Lipinski definition) is 2. The average molecular weight is 621 g/mol. The highest BCUT2D eigenvalue weighted by molar-refractivity contribution is 6.35. The summed E-state index contributed by atoms with van der Waals surface area (Å²) in [5.41, 5.74) is 8.24. The number of benzene rings is 2. The normalized spacial score (nSPS) is 19.6. The highest BCUT2D eigenvalue weighted by Gasteiger charge is 2.34. The molecule has 2 aromatic heterocycles. The number of aromatic nitrogens is 3. The van der Waals surface area contributed by atoms with Crippen molar-refractivity contribution in [2.75, 3.05) is 55.2 Å². The monoisotopic (exact) mass is 620 g/mol. The molecule has 232 valence electrons. The van der Waals surface area contributed by atoms with Gasteiger partial charge in [0.1, 0.15) is 11.3 Å². The van der Waals surface area contributed by atoms with Crippen LogP contribution in [0.3, 0.4) is 0 Å². The van der Waals surface area contributed by atoms with Crippen molar-refractivity contribution in [3.05, 3.63) is 47.3 Å². The summed E-state index contributed by atoms with van der Waals surface area (Å²) in [7, 11) is 0. The number of hydrogen-bond acceptors (Lipinski definition) is 9. The lowest BCUT2D eigenvalue weighted by atomic mass is 9.94. The summed E-state index contributed by atoms with van der Waals surface area (Å²) >= 11 is 6.91. The molecule has 0 radical (unpaired) electrons. The van der Waals surface area contributed by atoms with Crippen molar-refractivity contribution in [1.29, 1.82) is 0 Å². The Bertz CT molecular complexity index is 1740. The van der Waals surface area contributed by atoms with Gasteiger partial charge in [0.25, 0.3) is 0 Å². The molecule has 0 unspecified atom stereocenters. The molecule has 12 heteroatoms. The summed E-state index contributed by atoms with van der Waals surface area (Å²) in [4.78, 5) is 28.5. The molecule has 0 spiro atoms. The Hall–Kier alpha value is -3.96. The van der Waals surface area contributed by atoms with E-state index in [0.29, 0.717) is 53.3 Å². The molecule has 0 aliphatic carbocycles. The average Bonchev–Trinajstić information content (AvgIpc) is 3.39. The summed E-state index contributed by atoms with van der Waals surface area (Å²) < 4.78 is 22.3. The summed E-state index contributed by atoms with van der Waals surface area (Å²) in [5, 5.41) is 8.45. The van der Waals surface area contributed by atoms with Crippen LogP contribution in [0.25, 0.3) is 33.0 Å². The van der Waals surface area contributed by atoms with Crippen LogP contribution in [-0.2, 0) is 4.79 Å². The van der Waals surface area contributed by atoms with Crippen molar-refractivity contribution in [1.82, 2.24) is 24.9 Å². The number of piperidine rings is 1. The highest BCUT2D eigenvalue weighted by atomic mass is 35.5.